The van der Waals surface area contributed by atoms with Crippen molar-refractivity contribution in [2.24, 2.45) is 0 Å². The van der Waals surface area contributed by atoms with Gasteiger partial charge in [-0.2, -0.15) is 5.10 Å². The molecule has 1 aromatic heterocycles. The van der Waals surface area contributed by atoms with Crippen LogP contribution < -0.4 is 0 Å². The Bertz CT molecular complexity index is 321. The lowest BCUT2D eigenvalue weighted by Gasteiger charge is -2.21. The molecule has 0 spiro atoms. The molecule has 1 N–H and O–H groups in total. The van der Waals surface area contributed by atoms with Gasteiger partial charge in [-0.05, 0) is 46.6 Å². The summed E-state index contributed by atoms with van der Waals surface area (Å²) in [6, 6.07) is 0. The van der Waals surface area contributed by atoms with E-state index in [1.54, 1.807) is 0 Å². The van der Waals surface area contributed by atoms with Crippen molar-refractivity contribution in [3.8, 4) is 0 Å². The second kappa shape index (κ2) is 3.73. The highest BCUT2D eigenvalue weighted by molar-refractivity contribution is 5.25. The Morgan fingerprint density at radius 1 is 1.29 bits per heavy atom. The van der Waals surface area contributed by atoms with Crippen molar-refractivity contribution in [1.82, 2.24) is 9.78 Å². The number of aliphatic hydroxyl groups excluding tert-OH is 1. The van der Waals surface area contributed by atoms with E-state index in [1.807, 2.05) is 11.6 Å². The molecule has 0 saturated heterocycles. The van der Waals surface area contributed by atoms with E-state index >= 15 is 0 Å². The molecule has 0 atom stereocenters. The van der Waals surface area contributed by atoms with Crippen LogP contribution >= 0.6 is 0 Å². The summed E-state index contributed by atoms with van der Waals surface area (Å²) in [5.74, 6) is 0. The van der Waals surface area contributed by atoms with Crippen LogP contribution in [0.25, 0.3) is 0 Å². The third kappa shape index (κ3) is 1.98. The van der Waals surface area contributed by atoms with Crippen molar-refractivity contribution >= 4 is 0 Å². The van der Waals surface area contributed by atoms with Crippen molar-refractivity contribution in [3.05, 3.63) is 17.0 Å². The lowest BCUT2D eigenvalue weighted by molar-refractivity contribution is 0.298. The van der Waals surface area contributed by atoms with E-state index in [9.17, 15) is 0 Å². The number of aryl methyl sites for hydroxylation is 1. The molecular formula is C11H20N2O. The molecule has 0 saturated carbocycles. The van der Waals surface area contributed by atoms with Crippen molar-refractivity contribution < 1.29 is 5.11 Å². The van der Waals surface area contributed by atoms with Crippen molar-refractivity contribution in [2.75, 3.05) is 6.61 Å². The van der Waals surface area contributed by atoms with Gasteiger partial charge in [0.15, 0.2) is 0 Å². The van der Waals surface area contributed by atoms with Crippen LogP contribution in [0.3, 0.4) is 0 Å². The van der Waals surface area contributed by atoms with Crippen LogP contribution in [0.15, 0.2) is 0 Å². The Hall–Kier alpha value is -0.830. The van der Waals surface area contributed by atoms with E-state index in [2.05, 4.69) is 32.8 Å². The number of rotatable bonds is 2. The zero-order valence-corrected chi connectivity index (χ0v) is 9.76. The molecule has 0 unspecified atom stereocenters. The summed E-state index contributed by atoms with van der Waals surface area (Å²) in [4.78, 5) is 0. The molecule has 1 heterocycles. The SMILES string of the molecule is Cc1nn(C(C)(C)C)c(C)c1CCO. The van der Waals surface area contributed by atoms with E-state index in [4.69, 9.17) is 5.11 Å². The molecule has 1 aromatic rings. The van der Waals surface area contributed by atoms with Gasteiger partial charge >= 0.3 is 0 Å². The van der Waals surface area contributed by atoms with Crippen LogP contribution in [0.5, 0.6) is 0 Å². The van der Waals surface area contributed by atoms with Gasteiger partial charge in [0, 0.05) is 12.3 Å². The summed E-state index contributed by atoms with van der Waals surface area (Å²) < 4.78 is 2.04. The summed E-state index contributed by atoms with van der Waals surface area (Å²) in [5, 5.41) is 13.4. The molecule has 3 heteroatoms. The Balaban J connectivity index is 3.17. The summed E-state index contributed by atoms with van der Waals surface area (Å²) in [6.45, 7) is 10.7. The maximum absolute atomic E-state index is 8.94. The van der Waals surface area contributed by atoms with Crippen LogP contribution in [0.2, 0.25) is 0 Å². The lowest BCUT2D eigenvalue weighted by atomic mass is 10.1. The van der Waals surface area contributed by atoms with E-state index in [0.29, 0.717) is 6.42 Å². The average Bonchev–Trinajstić information content (AvgIpc) is 2.31. The third-order valence-corrected chi connectivity index (χ3v) is 2.44. The van der Waals surface area contributed by atoms with Gasteiger partial charge in [0.1, 0.15) is 0 Å². The van der Waals surface area contributed by atoms with Crippen LogP contribution in [0.4, 0.5) is 0 Å². The second-order valence-electron chi connectivity index (χ2n) is 4.71. The molecule has 14 heavy (non-hydrogen) atoms. The summed E-state index contributed by atoms with van der Waals surface area (Å²) in [7, 11) is 0. The first-order valence-electron chi connectivity index (χ1n) is 5.04. The number of aromatic nitrogens is 2. The van der Waals surface area contributed by atoms with Gasteiger partial charge in [-0.25, -0.2) is 0 Å². The van der Waals surface area contributed by atoms with Gasteiger partial charge in [0.2, 0.25) is 0 Å². The van der Waals surface area contributed by atoms with Crippen molar-refractivity contribution in [3.63, 3.8) is 0 Å². The highest BCUT2D eigenvalue weighted by Gasteiger charge is 2.20. The minimum absolute atomic E-state index is 0.0164. The van der Waals surface area contributed by atoms with Gasteiger partial charge in [-0.1, -0.05) is 0 Å². The minimum Gasteiger partial charge on any atom is -0.396 e. The van der Waals surface area contributed by atoms with E-state index in [-0.39, 0.29) is 12.1 Å². The van der Waals surface area contributed by atoms with E-state index in [0.717, 1.165) is 5.69 Å². The number of hydrogen-bond acceptors (Lipinski definition) is 2. The van der Waals surface area contributed by atoms with Crippen molar-refractivity contribution in [1.29, 1.82) is 0 Å². The maximum Gasteiger partial charge on any atom is 0.0629 e. The second-order valence-corrected chi connectivity index (χ2v) is 4.71. The lowest BCUT2D eigenvalue weighted by Crippen LogP contribution is -2.24. The molecule has 3 nitrogen and oxygen atoms in total. The Morgan fingerprint density at radius 3 is 2.21 bits per heavy atom. The molecule has 0 aliphatic rings. The first-order chi connectivity index (χ1) is 6.38. The average molecular weight is 196 g/mol. The Morgan fingerprint density at radius 2 is 1.86 bits per heavy atom. The highest BCUT2D eigenvalue weighted by atomic mass is 16.2. The summed E-state index contributed by atoms with van der Waals surface area (Å²) in [5.41, 5.74) is 3.40. The fourth-order valence-electron chi connectivity index (χ4n) is 1.80. The standard InChI is InChI=1S/C11H20N2O/c1-8-10(6-7-14)9(2)13(12-8)11(3,4)5/h14H,6-7H2,1-5H3. The topological polar surface area (TPSA) is 38.0 Å². The van der Waals surface area contributed by atoms with Crippen LogP contribution in [0.1, 0.15) is 37.7 Å². The minimum atomic E-state index is 0.0164. The quantitative estimate of drug-likeness (QED) is 0.783. The first kappa shape index (κ1) is 11.2. The molecule has 0 aromatic carbocycles. The van der Waals surface area contributed by atoms with Gasteiger partial charge < -0.3 is 5.11 Å². The fourth-order valence-corrected chi connectivity index (χ4v) is 1.80. The van der Waals surface area contributed by atoms with Gasteiger partial charge in [0.05, 0.1) is 11.2 Å². The predicted octanol–water partition coefficient (Wildman–Crippen LogP) is 1.79. The van der Waals surface area contributed by atoms with E-state index in [1.165, 1.54) is 11.3 Å². The molecule has 0 radical (unpaired) electrons. The number of nitrogens with zero attached hydrogens (tertiary/aromatic N) is 2. The van der Waals surface area contributed by atoms with Gasteiger partial charge in [0.25, 0.3) is 0 Å². The molecule has 0 amide bonds. The van der Waals surface area contributed by atoms with Crippen LogP contribution in [-0.2, 0) is 12.0 Å². The highest BCUT2D eigenvalue weighted by Crippen LogP contribution is 2.21. The molecule has 0 bridgehead atoms. The van der Waals surface area contributed by atoms with Crippen molar-refractivity contribution in [2.45, 2.75) is 46.6 Å². The van der Waals surface area contributed by atoms with E-state index < -0.39 is 0 Å². The monoisotopic (exact) mass is 196 g/mol. The zero-order chi connectivity index (χ0) is 10.9. The molecule has 80 valence electrons. The Labute approximate surface area is 85.8 Å². The first-order valence-corrected chi connectivity index (χ1v) is 5.04. The molecular weight excluding hydrogens is 176 g/mol. The Kier molecular flexibility index (Phi) is 3.00. The molecule has 0 fully saturated rings. The predicted molar refractivity (Wildman–Crippen MR) is 57.5 cm³/mol. The summed E-state index contributed by atoms with van der Waals surface area (Å²) >= 11 is 0. The van der Waals surface area contributed by atoms with Gasteiger partial charge in [-0.3, -0.25) is 4.68 Å². The third-order valence-electron chi connectivity index (χ3n) is 2.44. The van der Waals surface area contributed by atoms with Gasteiger partial charge in [-0.15, -0.1) is 0 Å². The zero-order valence-electron chi connectivity index (χ0n) is 9.76. The maximum atomic E-state index is 8.94. The number of hydrogen-bond donors (Lipinski definition) is 1. The number of aliphatic hydroxyl groups is 1. The van der Waals surface area contributed by atoms with Crippen LogP contribution in [-0.4, -0.2) is 21.5 Å². The van der Waals surface area contributed by atoms with Crippen LogP contribution in [0, 0.1) is 13.8 Å². The summed E-state index contributed by atoms with van der Waals surface area (Å²) in [6.07, 6.45) is 0.702. The molecule has 1 rings (SSSR count). The largest absolute Gasteiger partial charge is 0.396 e. The smallest absolute Gasteiger partial charge is 0.0629 e. The molecule has 0 aliphatic heterocycles. The normalized spacial score (nSPS) is 12.1. The molecule has 0 aliphatic carbocycles. The fraction of sp³-hybridized carbons (Fsp3) is 0.727.